The van der Waals surface area contributed by atoms with E-state index in [2.05, 4.69) is 61.8 Å². The molecule has 6 amide bonds. The molecule has 3 saturated heterocycles. The molecule has 3 aliphatic rings. The number of benzene rings is 1. The average molecular weight is 1390 g/mol. The zero-order valence-corrected chi connectivity index (χ0v) is 53.7. The molecule has 1 aromatic carbocycles. The molecule has 13 N–H and O–H groups in total. The average Bonchev–Trinajstić information content (AvgIpc) is 1.62. The number of unbranched alkanes of at least 4 members (excludes halogenated alkanes) is 2. The van der Waals surface area contributed by atoms with Crippen LogP contribution in [0.2, 0.25) is 0 Å². The fraction of sp³-hybridized carbons (Fsp3) is 0.566. The van der Waals surface area contributed by atoms with E-state index >= 15 is 8.78 Å². The van der Waals surface area contributed by atoms with Crippen molar-refractivity contribution in [1.82, 2.24) is 60.3 Å². The number of Topliss-reactive ketones (excluding diaryl/α,β-unsaturated/α-hetero) is 1. The predicted octanol–water partition coefficient (Wildman–Crippen LogP) is 3.48. The van der Waals surface area contributed by atoms with Gasteiger partial charge in [-0.1, -0.05) is 39.3 Å². The van der Waals surface area contributed by atoms with Gasteiger partial charge >= 0.3 is 31.5 Å². The highest BCUT2D eigenvalue weighted by Gasteiger charge is 2.55. The van der Waals surface area contributed by atoms with Crippen molar-refractivity contribution in [3.63, 3.8) is 0 Å². The molecular weight excluding hydrogens is 1310 g/mol. The van der Waals surface area contributed by atoms with Crippen molar-refractivity contribution in [2.75, 3.05) is 49.2 Å². The monoisotopic (exact) mass is 1380 g/mol. The minimum Gasteiger partial charge on any atom is -0.481 e. The van der Waals surface area contributed by atoms with Crippen LogP contribution < -0.4 is 43.4 Å². The number of anilines is 3. The topological polar surface area (TPSA) is 465 Å². The number of carboxylic acids is 1. The highest BCUT2D eigenvalue weighted by molar-refractivity contribution is 8.07. The van der Waals surface area contributed by atoms with Crippen LogP contribution >= 0.6 is 13.4 Å². The third-order valence-electron chi connectivity index (χ3n) is 14.8. The first kappa shape index (κ1) is 71.7. The second-order valence-electron chi connectivity index (χ2n) is 22.2. The van der Waals surface area contributed by atoms with E-state index in [4.69, 9.17) is 77.5 Å². The number of rotatable bonds is 29. The number of carbonyl (C=O) groups excluding carboxylic acids is 6. The highest BCUT2D eigenvalue weighted by atomic mass is 32.5. The molecule has 13 atom stereocenters. The van der Waals surface area contributed by atoms with Crippen molar-refractivity contribution < 1.29 is 94.6 Å². The van der Waals surface area contributed by atoms with Gasteiger partial charge in [0.25, 0.3) is 0 Å². The fourth-order valence-corrected chi connectivity index (χ4v) is 12.6. The van der Waals surface area contributed by atoms with Gasteiger partial charge in [-0.15, -0.1) is 4.67 Å². The van der Waals surface area contributed by atoms with E-state index in [1.54, 1.807) is 38.1 Å². The number of aliphatic carboxylic acids is 1. The standard InChI is InChI=1S/C53H72F2N16O18P2S2/c1-27(2)38(69-34(73)10-5-4-6-15-58-35(74)19-28(3)50(76)77)32(72)20-30(9-7-16-60-52(57)78)47(75)68-31-13-11-29(12-14-31)21-82-53(79)61-18-8-17-59-44-40-46(65-24-63-44)71(26-67-40)49-37(55)42-51(85-49)86-89-91(81,93)87-41-33(22-83-90(80,92)88-42)84-48(36(41)54)70-25-66-39-43(56)62-23-64-45(39)70/h11-14,23-28,30,33,36-38,41-42,48-49,51H,4-10,15-22H2,1-3H3,(H,58,74)(H,61,79)(H,68,75)(H,69,73)(H,76,77)(H,80,92)(H,81,93)(H2,56,62,64)(H3,57,60,78)(H,59,63,65)/t28?,30-,33-,36-,37-,38?,41-,42+,48-,49-,51-,90?,91?/m1/s1. The third kappa shape index (κ3) is 19.7. The van der Waals surface area contributed by atoms with Crippen LogP contribution in [0.15, 0.2) is 49.6 Å². The van der Waals surface area contributed by atoms with Crippen molar-refractivity contribution in [2.24, 2.45) is 23.5 Å². The molecule has 8 rings (SSSR count). The van der Waals surface area contributed by atoms with Crippen LogP contribution in [0, 0.1) is 17.8 Å². The fourth-order valence-electron chi connectivity index (χ4n) is 10.0. The summed E-state index contributed by atoms with van der Waals surface area (Å²) < 4.78 is 74.1. The summed E-state index contributed by atoms with van der Waals surface area (Å²) in [6.07, 6.45) is -8.31. The van der Waals surface area contributed by atoms with E-state index in [9.17, 15) is 43.3 Å². The van der Waals surface area contributed by atoms with Gasteiger partial charge < -0.3 is 77.0 Å². The number of imidazole rings is 2. The second-order valence-corrected chi connectivity index (χ2v) is 27.7. The minimum atomic E-state index is -4.59. The van der Waals surface area contributed by atoms with Gasteiger partial charge in [0.1, 0.15) is 37.0 Å². The number of alkyl halides is 2. The summed E-state index contributed by atoms with van der Waals surface area (Å²) in [4.78, 5) is 140. The number of urea groups is 1. The smallest absolute Gasteiger partial charge is 0.407 e. The Morgan fingerprint density at radius 2 is 1.42 bits per heavy atom. The Balaban J connectivity index is 0.773. The summed E-state index contributed by atoms with van der Waals surface area (Å²) in [6, 6.07) is 4.81. The van der Waals surface area contributed by atoms with Gasteiger partial charge in [0.05, 0.1) is 31.2 Å². The summed E-state index contributed by atoms with van der Waals surface area (Å²) in [5.74, 6) is -4.38. The lowest BCUT2D eigenvalue weighted by atomic mass is 9.89. The van der Waals surface area contributed by atoms with E-state index in [-0.39, 0.29) is 109 Å². The summed E-state index contributed by atoms with van der Waals surface area (Å²) in [5, 5.41) is 25.5. The summed E-state index contributed by atoms with van der Waals surface area (Å²) >= 11 is 10.4. The lowest BCUT2D eigenvalue weighted by Crippen LogP contribution is -2.45. The number of hydrogen-bond acceptors (Lipinski definition) is 25. The van der Waals surface area contributed by atoms with Crippen LogP contribution in [0.4, 0.5) is 35.7 Å². The molecule has 0 bridgehead atoms. The molecule has 4 unspecified atom stereocenters. The first-order valence-corrected chi connectivity index (χ1v) is 34.6. The third-order valence-corrected chi connectivity index (χ3v) is 17.6. The number of nitrogens with zero attached hydrogens (tertiary/aromatic N) is 8. The maximum absolute atomic E-state index is 16.6. The van der Waals surface area contributed by atoms with Crippen LogP contribution in [0.25, 0.3) is 22.3 Å². The zero-order chi connectivity index (χ0) is 67.1. The second kappa shape index (κ2) is 32.8. The molecule has 0 spiro atoms. The molecule has 93 heavy (non-hydrogen) atoms. The van der Waals surface area contributed by atoms with Crippen LogP contribution in [0.3, 0.4) is 0 Å². The van der Waals surface area contributed by atoms with Crippen molar-refractivity contribution in [2.45, 2.75) is 141 Å². The lowest BCUT2D eigenvalue weighted by molar-refractivity contribution is -0.336. The van der Waals surface area contributed by atoms with Crippen LogP contribution in [-0.2, 0) is 91.5 Å². The molecular formula is C53H72F2N16O18P2S2. The van der Waals surface area contributed by atoms with Crippen molar-refractivity contribution in [1.29, 1.82) is 0 Å². The first-order valence-electron chi connectivity index (χ1n) is 29.4. The maximum atomic E-state index is 16.6. The molecule has 34 nitrogen and oxygen atoms in total. The minimum absolute atomic E-state index is 0.00975. The molecule has 40 heteroatoms. The Morgan fingerprint density at radius 3 is 2.13 bits per heavy atom. The SMILES string of the molecule is CC(CC(=O)NCCCCCC(=O)NC(C(=O)C[C@@H](CCCNC(N)=O)C(=O)Nc1ccc(COC(=O)NCCCNc2ncnc3c2ncn3[C@@H]2O[C@@H]3OOP(O)(=S)O[C@H]4[C@@H](F)[C@H](n5cnc6c(N)ncnc65)O[C@@H]4COP(O)(=S)O[C@H]3[C@H]2F)cc1)C(C)C)C(=O)O. The zero-order valence-electron chi connectivity index (χ0n) is 50.3. The van der Waals surface area contributed by atoms with Gasteiger partial charge in [-0.05, 0) is 79.3 Å². The first-order chi connectivity index (χ1) is 44.3. The Hall–Kier alpha value is -7.19. The summed E-state index contributed by atoms with van der Waals surface area (Å²) in [5.41, 5.74) is 12.5. The molecule has 3 aliphatic heterocycles. The Kier molecular flexibility index (Phi) is 25.3. The Bertz CT molecular complexity index is 3570. The maximum Gasteiger partial charge on any atom is 0.407 e. The Labute approximate surface area is 539 Å². The van der Waals surface area contributed by atoms with E-state index < -0.39 is 111 Å². The number of ether oxygens (including phenoxy) is 3. The molecule has 7 heterocycles. The van der Waals surface area contributed by atoms with E-state index in [0.717, 1.165) is 6.33 Å². The van der Waals surface area contributed by atoms with Gasteiger partial charge in [-0.25, -0.2) is 48.3 Å². The van der Waals surface area contributed by atoms with Crippen LogP contribution in [0.1, 0.15) is 96.6 Å². The van der Waals surface area contributed by atoms with Crippen molar-refractivity contribution in [3.05, 3.63) is 55.1 Å². The van der Waals surface area contributed by atoms with E-state index in [0.29, 0.717) is 49.9 Å². The number of hydrogen-bond donors (Lipinski definition) is 11. The highest BCUT2D eigenvalue weighted by Crippen LogP contribution is 2.55. The number of carbonyl (C=O) groups is 7. The number of nitrogen functional groups attached to an aromatic ring is 1. The van der Waals surface area contributed by atoms with Gasteiger partial charge in [0, 0.05) is 57.0 Å². The molecule has 5 aromatic rings. The number of halogens is 2. The van der Waals surface area contributed by atoms with Gasteiger partial charge in [0.15, 0.2) is 65.1 Å². The predicted molar refractivity (Wildman–Crippen MR) is 330 cm³/mol. The molecule has 3 fully saturated rings. The molecule has 0 radical (unpaired) electrons. The normalized spacial score (nSPS) is 24.9. The number of nitrogens with one attached hydrogen (secondary N) is 6. The van der Waals surface area contributed by atoms with Crippen molar-refractivity contribution in [3.8, 4) is 0 Å². The quantitative estimate of drug-likeness (QED) is 0.0185. The van der Waals surface area contributed by atoms with Crippen LogP contribution in [0.5, 0.6) is 0 Å². The van der Waals surface area contributed by atoms with E-state index in [1.165, 1.54) is 35.0 Å². The number of aromatic nitrogens is 8. The van der Waals surface area contributed by atoms with Gasteiger partial charge in [0.2, 0.25) is 24.0 Å². The lowest BCUT2D eigenvalue weighted by Gasteiger charge is -2.29. The molecule has 508 valence electrons. The summed E-state index contributed by atoms with van der Waals surface area (Å²) in [6.45, 7) is -4.05. The molecule has 4 aromatic heterocycles. The van der Waals surface area contributed by atoms with Crippen LogP contribution in [-0.4, -0.2) is 171 Å². The molecule has 0 aliphatic carbocycles. The number of ketones is 1. The number of alkyl carbamates (subject to hydrolysis) is 1. The summed E-state index contributed by atoms with van der Waals surface area (Å²) in [7, 11) is 0. The molecule has 0 saturated carbocycles. The van der Waals surface area contributed by atoms with Gasteiger partial charge in [-0.3, -0.25) is 42.2 Å². The number of fused-ring (bicyclic) bond motifs is 4. The number of nitrogens with two attached hydrogens (primary N) is 2. The largest absolute Gasteiger partial charge is 0.481 e. The number of primary amides is 1. The number of amides is 6. The number of carboxylic acid groups (broad SMARTS) is 1. The van der Waals surface area contributed by atoms with E-state index in [1.807, 2.05) is 0 Å². The van der Waals surface area contributed by atoms with Crippen molar-refractivity contribution >= 4 is 118 Å². The van der Waals surface area contributed by atoms with Gasteiger partial charge in [-0.2, -0.15) is 4.89 Å². The Morgan fingerprint density at radius 1 is 0.763 bits per heavy atom.